The van der Waals surface area contributed by atoms with Crippen molar-refractivity contribution in [1.82, 2.24) is 5.16 Å². The number of esters is 1. The molecule has 0 saturated heterocycles. The molecular formula is C21H18ClFN2O4. The Morgan fingerprint density at radius 3 is 2.59 bits per heavy atom. The largest absolute Gasteiger partial charge is 0.452 e. The van der Waals surface area contributed by atoms with Gasteiger partial charge in [-0.25, -0.2) is 9.18 Å². The Morgan fingerprint density at radius 2 is 1.93 bits per heavy atom. The molecule has 0 spiro atoms. The minimum Gasteiger partial charge on any atom is -0.452 e. The molecule has 0 aliphatic heterocycles. The number of halogens is 2. The van der Waals surface area contributed by atoms with E-state index in [1.165, 1.54) is 25.1 Å². The summed E-state index contributed by atoms with van der Waals surface area (Å²) >= 11 is 6.05. The van der Waals surface area contributed by atoms with Crippen molar-refractivity contribution in [3.8, 4) is 11.3 Å². The first kappa shape index (κ1) is 20.5. The summed E-state index contributed by atoms with van der Waals surface area (Å²) in [5.74, 6) is -1.91. The average Bonchev–Trinajstić information content (AvgIpc) is 3.08. The van der Waals surface area contributed by atoms with E-state index in [9.17, 15) is 14.0 Å². The maximum absolute atomic E-state index is 14.2. The van der Waals surface area contributed by atoms with E-state index in [0.717, 1.165) is 12.0 Å². The first-order valence-corrected chi connectivity index (χ1v) is 9.25. The van der Waals surface area contributed by atoms with Gasteiger partial charge in [0, 0.05) is 5.69 Å². The van der Waals surface area contributed by atoms with Crippen LogP contribution in [0.15, 0.2) is 47.0 Å². The summed E-state index contributed by atoms with van der Waals surface area (Å²) in [5.41, 5.74) is 1.49. The van der Waals surface area contributed by atoms with E-state index in [0.29, 0.717) is 5.69 Å². The van der Waals surface area contributed by atoms with Crippen molar-refractivity contribution in [2.45, 2.75) is 20.3 Å². The van der Waals surface area contributed by atoms with Crippen molar-refractivity contribution < 1.29 is 23.2 Å². The number of anilines is 1. The standard InChI is InChI=1S/C21H18ClFN2O4/c1-3-13-7-9-14(10-8-13)24-17(26)11-28-21(27)18-12(2)29-25-20(18)19-15(22)5-4-6-16(19)23/h4-10H,3,11H2,1-2H3,(H,24,26). The Balaban J connectivity index is 1.71. The first-order valence-electron chi connectivity index (χ1n) is 8.87. The molecule has 150 valence electrons. The van der Waals surface area contributed by atoms with Crippen LogP contribution in [0.1, 0.15) is 28.6 Å². The van der Waals surface area contributed by atoms with Gasteiger partial charge in [-0.05, 0) is 43.2 Å². The highest BCUT2D eigenvalue weighted by Crippen LogP contribution is 2.33. The van der Waals surface area contributed by atoms with Crippen LogP contribution in [-0.2, 0) is 16.0 Å². The molecule has 1 N–H and O–H groups in total. The molecule has 0 atom stereocenters. The second-order valence-corrected chi connectivity index (χ2v) is 6.64. The molecule has 1 amide bonds. The van der Waals surface area contributed by atoms with Gasteiger partial charge in [-0.2, -0.15) is 0 Å². The van der Waals surface area contributed by atoms with Gasteiger partial charge in [-0.15, -0.1) is 0 Å². The number of carbonyl (C=O) groups excluding carboxylic acids is 2. The molecule has 6 nitrogen and oxygen atoms in total. The monoisotopic (exact) mass is 416 g/mol. The van der Waals surface area contributed by atoms with Crippen molar-refractivity contribution in [2.24, 2.45) is 0 Å². The summed E-state index contributed by atoms with van der Waals surface area (Å²) in [5, 5.41) is 6.45. The molecule has 0 bridgehead atoms. The number of rotatable bonds is 6. The van der Waals surface area contributed by atoms with Crippen LogP contribution in [0.25, 0.3) is 11.3 Å². The van der Waals surface area contributed by atoms with Gasteiger partial charge in [-0.1, -0.05) is 41.9 Å². The van der Waals surface area contributed by atoms with Gasteiger partial charge in [0.2, 0.25) is 0 Å². The third kappa shape index (κ3) is 4.63. The van der Waals surface area contributed by atoms with Gasteiger partial charge in [0.05, 0.1) is 10.6 Å². The minimum absolute atomic E-state index is 0.0700. The van der Waals surface area contributed by atoms with Crippen LogP contribution in [0.5, 0.6) is 0 Å². The number of aromatic nitrogens is 1. The number of ether oxygens (including phenoxy) is 1. The highest BCUT2D eigenvalue weighted by Gasteiger charge is 2.27. The van der Waals surface area contributed by atoms with Gasteiger partial charge in [-0.3, -0.25) is 4.79 Å². The van der Waals surface area contributed by atoms with Gasteiger partial charge >= 0.3 is 5.97 Å². The number of hydrogen-bond acceptors (Lipinski definition) is 5. The van der Waals surface area contributed by atoms with Crippen molar-refractivity contribution >= 4 is 29.2 Å². The zero-order chi connectivity index (χ0) is 21.0. The van der Waals surface area contributed by atoms with Crippen molar-refractivity contribution in [3.05, 3.63) is 70.2 Å². The van der Waals surface area contributed by atoms with Crippen LogP contribution in [0.3, 0.4) is 0 Å². The number of amides is 1. The van der Waals surface area contributed by atoms with Gasteiger partial charge in [0.15, 0.2) is 6.61 Å². The smallest absolute Gasteiger partial charge is 0.344 e. The Labute approximate surface area is 171 Å². The van der Waals surface area contributed by atoms with Gasteiger partial charge in [0.1, 0.15) is 22.8 Å². The van der Waals surface area contributed by atoms with Crippen LogP contribution in [-0.4, -0.2) is 23.6 Å². The maximum Gasteiger partial charge on any atom is 0.344 e. The lowest BCUT2D eigenvalue weighted by molar-refractivity contribution is -0.119. The van der Waals surface area contributed by atoms with E-state index < -0.39 is 24.3 Å². The summed E-state index contributed by atoms with van der Waals surface area (Å²) in [7, 11) is 0. The topological polar surface area (TPSA) is 81.4 Å². The van der Waals surface area contributed by atoms with Crippen molar-refractivity contribution in [1.29, 1.82) is 0 Å². The molecule has 1 heterocycles. The molecule has 8 heteroatoms. The SMILES string of the molecule is CCc1ccc(NC(=O)COC(=O)c2c(-c3c(F)cccc3Cl)noc2C)cc1. The summed E-state index contributed by atoms with van der Waals surface area (Å²) in [6.07, 6.45) is 0.887. The van der Waals surface area contributed by atoms with E-state index in [2.05, 4.69) is 10.5 Å². The van der Waals surface area contributed by atoms with Gasteiger partial charge < -0.3 is 14.6 Å². The molecule has 3 aromatic rings. The molecule has 0 aliphatic carbocycles. The van der Waals surface area contributed by atoms with Gasteiger partial charge in [0.25, 0.3) is 5.91 Å². The Bertz CT molecular complexity index is 1030. The zero-order valence-corrected chi connectivity index (χ0v) is 16.5. The van der Waals surface area contributed by atoms with E-state index in [1.807, 2.05) is 19.1 Å². The molecular weight excluding hydrogens is 399 g/mol. The number of benzene rings is 2. The fourth-order valence-electron chi connectivity index (χ4n) is 2.73. The van der Waals surface area contributed by atoms with E-state index >= 15 is 0 Å². The predicted octanol–water partition coefficient (Wildman–Crippen LogP) is 4.80. The second-order valence-electron chi connectivity index (χ2n) is 6.23. The fraction of sp³-hybridized carbons (Fsp3) is 0.190. The van der Waals surface area contributed by atoms with Crippen molar-refractivity contribution in [2.75, 3.05) is 11.9 Å². The second kappa shape index (κ2) is 8.87. The summed E-state index contributed by atoms with van der Waals surface area (Å²) < 4.78 is 24.3. The predicted molar refractivity (Wildman–Crippen MR) is 106 cm³/mol. The molecule has 0 fully saturated rings. The number of aryl methyl sites for hydroxylation is 2. The molecule has 29 heavy (non-hydrogen) atoms. The summed E-state index contributed by atoms with van der Waals surface area (Å²) in [4.78, 5) is 24.6. The Kier molecular flexibility index (Phi) is 6.29. The highest BCUT2D eigenvalue weighted by atomic mass is 35.5. The number of nitrogens with one attached hydrogen (secondary N) is 1. The Morgan fingerprint density at radius 1 is 1.21 bits per heavy atom. The van der Waals surface area contributed by atoms with E-state index in [-0.39, 0.29) is 27.6 Å². The highest BCUT2D eigenvalue weighted by molar-refractivity contribution is 6.33. The Hall–Kier alpha value is -3.19. The molecule has 1 aromatic heterocycles. The third-order valence-electron chi connectivity index (χ3n) is 4.25. The number of carbonyl (C=O) groups is 2. The number of nitrogens with zero attached hydrogens (tertiary/aromatic N) is 1. The van der Waals surface area contributed by atoms with Crippen molar-refractivity contribution in [3.63, 3.8) is 0 Å². The molecule has 0 aliphatic rings. The van der Waals surface area contributed by atoms with Crippen LogP contribution in [0.4, 0.5) is 10.1 Å². The van der Waals surface area contributed by atoms with E-state index in [4.69, 9.17) is 20.9 Å². The molecule has 0 unspecified atom stereocenters. The van der Waals surface area contributed by atoms with Crippen LogP contribution in [0, 0.1) is 12.7 Å². The molecule has 0 saturated carbocycles. The summed E-state index contributed by atoms with van der Waals surface area (Å²) in [6, 6.07) is 11.4. The van der Waals surface area contributed by atoms with Crippen LogP contribution < -0.4 is 5.32 Å². The normalized spacial score (nSPS) is 10.6. The average molecular weight is 417 g/mol. The molecule has 3 rings (SSSR count). The fourth-order valence-corrected chi connectivity index (χ4v) is 2.98. The lowest BCUT2D eigenvalue weighted by Gasteiger charge is -2.08. The lowest BCUT2D eigenvalue weighted by atomic mass is 10.1. The lowest BCUT2D eigenvalue weighted by Crippen LogP contribution is -2.21. The summed E-state index contributed by atoms with van der Waals surface area (Å²) in [6.45, 7) is 2.99. The third-order valence-corrected chi connectivity index (χ3v) is 4.56. The van der Waals surface area contributed by atoms with E-state index in [1.54, 1.807) is 12.1 Å². The molecule has 0 radical (unpaired) electrons. The minimum atomic E-state index is -0.866. The first-order chi connectivity index (χ1) is 13.9. The maximum atomic E-state index is 14.2. The van der Waals surface area contributed by atoms with Crippen LogP contribution >= 0.6 is 11.6 Å². The van der Waals surface area contributed by atoms with Crippen LogP contribution in [0.2, 0.25) is 5.02 Å². The quantitative estimate of drug-likeness (QED) is 0.584. The molecule has 2 aromatic carbocycles. The number of hydrogen-bond donors (Lipinski definition) is 1. The zero-order valence-electron chi connectivity index (χ0n) is 15.8.